The van der Waals surface area contributed by atoms with Crippen LogP contribution in [0.5, 0.6) is 0 Å². The number of rotatable bonds is 2. The van der Waals surface area contributed by atoms with Gasteiger partial charge >= 0.3 is 0 Å². The van der Waals surface area contributed by atoms with Gasteiger partial charge in [0, 0.05) is 18.5 Å². The minimum absolute atomic E-state index is 0.0712. The van der Waals surface area contributed by atoms with Crippen LogP contribution in [-0.2, 0) is 0 Å². The quantitative estimate of drug-likeness (QED) is 0.747. The van der Waals surface area contributed by atoms with Crippen molar-refractivity contribution in [2.45, 2.75) is 11.8 Å². The van der Waals surface area contributed by atoms with E-state index in [0.29, 0.717) is 11.4 Å². The van der Waals surface area contributed by atoms with Crippen molar-refractivity contribution >= 4 is 18.5 Å². The van der Waals surface area contributed by atoms with Gasteiger partial charge in [0.25, 0.3) is 5.91 Å². The third-order valence-corrected chi connectivity index (χ3v) is 2.28. The van der Waals surface area contributed by atoms with Crippen LogP contribution in [-0.4, -0.2) is 24.4 Å². The Morgan fingerprint density at radius 1 is 1.57 bits per heavy atom. The molecule has 1 amide bonds. The second kappa shape index (κ2) is 4.46. The highest BCUT2D eigenvalue weighted by atomic mass is 32.1. The summed E-state index contributed by atoms with van der Waals surface area (Å²) in [6, 6.07) is 4.20. The van der Waals surface area contributed by atoms with Crippen molar-refractivity contribution in [2.24, 2.45) is 0 Å². The van der Waals surface area contributed by atoms with Crippen molar-refractivity contribution in [3.05, 3.63) is 29.6 Å². The van der Waals surface area contributed by atoms with Crippen molar-refractivity contribution in [3.63, 3.8) is 0 Å². The Morgan fingerprint density at radius 3 is 2.79 bits per heavy atom. The summed E-state index contributed by atoms with van der Waals surface area (Å²) in [7, 11) is 1.63. The Balaban J connectivity index is 3.06. The smallest absolute Gasteiger partial charge is 0.256 e. The van der Waals surface area contributed by atoms with E-state index in [-0.39, 0.29) is 11.5 Å². The number of benzene rings is 1. The van der Waals surface area contributed by atoms with Gasteiger partial charge in [-0.15, -0.1) is 12.6 Å². The summed E-state index contributed by atoms with van der Waals surface area (Å²) >= 11 is 4.06. The number of hydrogen-bond acceptors (Lipinski definition) is 2. The molecule has 0 unspecified atom stereocenters. The number of carbonyl (C=O) groups is 1. The van der Waals surface area contributed by atoms with E-state index in [1.165, 1.54) is 23.1 Å². The summed E-state index contributed by atoms with van der Waals surface area (Å²) in [4.78, 5) is 13.6. The fourth-order valence-electron chi connectivity index (χ4n) is 1.03. The molecule has 0 heterocycles. The van der Waals surface area contributed by atoms with Crippen molar-refractivity contribution in [1.29, 1.82) is 0 Å². The molecule has 0 aliphatic heterocycles. The predicted octanol–water partition coefficient (Wildman–Crippen LogP) is 2.21. The molecule has 0 aliphatic rings. The number of amides is 1. The SMILES string of the molecule is CCN(C)C(=O)c1cc(S)ccc1F. The number of thiol groups is 1. The molecule has 0 saturated heterocycles. The molecule has 14 heavy (non-hydrogen) atoms. The molecule has 1 aromatic carbocycles. The molecular weight excluding hydrogens is 201 g/mol. The van der Waals surface area contributed by atoms with E-state index in [4.69, 9.17) is 0 Å². The predicted molar refractivity (Wildman–Crippen MR) is 56.3 cm³/mol. The molecule has 4 heteroatoms. The molecule has 0 N–H and O–H groups in total. The summed E-state index contributed by atoms with van der Waals surface area (Å²) in [5.74, 6) is -0.825. The molecule has 1 rings (SSSR count). The number of nitrogens with zero attached hydrogens (tertiary/aromatic N) is 1. The second-order valence-electron chi connectivity index (χ2n) is 2.98. The fourth-order valence-corrected chi connectivity index (χ4v) is 1.23. The lowest BCUT2D eigenvalue weighted by Gasteiger charge is -2.14. The van der Waals surface area contributed by atoms with Gasteiger partial charge in [0.1, 0.15) is 5.82 Å². The lowest BCUT2D eigenvalue weighted by Crippen LogP contribution is -2.27. The lowest BCUT2D eigenvalue weighted by molar-refractivity contribution is 0.0797. The van der Waals surface area contributed by atoms with E-state index in [2.05, 4.69) is 12.6 Å². The van der Waals surface area contributed by atoms with Crippen LogP contribution < -0.4 is 0 Å². The minimum atomic E-state index is -0.506. The Labute approximate surface area is 88.1 Å². The molecule has 0 aliphatic carbocycles. The molecule has 0 bridgehead atoms. The maximum absolute atomic E-state index is 13.2. The van der Waals surface area contributed by atoms with Crippen LogP contribution >= 0.6 is 12.6 Å². The fraction of sp³-hybridized carbons (Fsp3) is 0.300. The average Bonchev–Trinajstić information content (AvgIpc) is 2.19. The molecule has 0 spiro atoms. The third kappa shape index (κ3) is 2.26. The van der Waals surface area contributed by atoms with Crippen molar-refractivity contribution in [2.75, 3.05) is 13.6 Å². The van der Waals surface area contributed by atoms with Crippen LogP contribution in [0.3, 0.4) is 0 Å². The average molecular weight is 213 g/mol. The van der Waals surface area contributed by atoms with Crippen molar-refractivity contribution in [1.82, 2.24) is 4.90 Å². The van der Waals surface area contributed by atoms with Gasteiger partial charge in [-0.1, -0.05) is 0 Å². The Hall–Kier alpha value is -1.03. The van der Waals surface area contributed by atoms with Gasteiger partial charge in [0.15, 0.2) is 0 Å². The first kappa shape index (κ1) is 11.0. The number of carbonyl (C=O) groups excluding carboxylic acids is 1. The van der Waals surface area contributed by atoms with Gasteiger partial charge in [0.05, 0.1) is 5.56 Å². The summed E-state index contributed by atoms with van der Waals surface area (Å²) < 4.78 is 13.2. The van der Waals surface area contributed by atoms with Crippen LogP contribution in [0.15, 0.2) is 23.1 Å². The maximum atomic E-state index is 13.2. The number of halogens is 1. The van der Waals surface area contributed by atoms with Gasteiger partial charge in [0.2, 0.25) is 0 Å². The van der Waals surface area contributed by atoms with Gasteiger partial charge in [-0.05, 0) is 25.1 Å². The van der Waals surface area contributed by atoms with Crippen molar-refractivity contribution < 1.29 is 9.18 Å². The molecule has 76 valence electrons. The monoisotopic (exact) mass is 213 g/mol. The first-order valence-corrected chi connectivity index (χ1v) is 4.75. The van der Waals surface area contributed by atoms with Crippen LogP contribution in [0.2, 0.25) is 0 Å². The van der Waals surface area contributed by atoms with E-state index in [9.17, 15) is 9.18 Å². The normalized spacial score (nSPS) is 10.0. The zero-order valence-corrected chi connectivity index (χ0v) is 9.01. The molecular formula is C10H12FNOS. The molecule has 0 atom stereocenters. The van der Waals surface area contributed by atoms with Crippen LogP contribution in [0.25, 0.3) is 0 Å². The minimum Gasteiger partial charge on any atom is -0.342 e. The molecule has 0 radical (unpaired) electrons. The highest BCUT2D eigenvalue weighted by molar-refractivity contribution is 7.80. The largest absolute Gasteiger partial charge is 0.342 e. The summed E-state index contributed by atoms with van der Waals surface area (Å²) in [6.45, 7) is 2.38. The van der Waals surface area contributed by atoms with Gasteiger partial charge in [-0.25, -0.2) is 4.39 Å². The number of hydrogen-bond donors (Lipinski definition) is 1. The Bertz CT molecular complexity index is 354. The van der Waals surface area contributed by atoms with Gasteiger partial charge < -0.3 is 4.90 Å². The molecule has 0 saturated carbocycles. The molecule has 2 nitrogen and oxygen atoms in total. The summed E-state index contributed by atoms with van der Waals surface area (Å²) in [5.41, 5.74) is 0.0712. The van der Waals surface area contributed by atoms with Crippen LogP contribution in [0, 0.1) is 5.82 Å². The first-order chi connectivity index (χ1) is 6.56. The van der Waals surface area contributed by atoms with E-state index >= 15 is 0 Å². The standard InChI is InChI=1S/C10H12FNOS/c1-3-12(2)10(13)8-6-7(14)4-5-9(8)11/h4-6,14H,3H2,1-2H3. The maximum Gasteiger partial charge on any atom is 0.256 e. The molecule has 0 aromatic heterocycles. The Kier molecular flexibility index (Phi) is 3.52. The zero-order valence-electron chi connectivity index (χ0n) is 8.12. The second-order valence-corrected chi connectivity index (χ2v) is 3.50. The van der Waals surface area contributed by atoms with E-state index in [1.54, 1.807) is 7.05 Å². The lowest BCUT2D eigenvalue weighted by atomic mass is 10.2. The summed E-state index contributed by atoms with van der Waals surface area (Å²) in [5, 5.41) is 0. The highest BCUT2D eigenvalue weighted by Crippen LogP contribution is 2.14. The van der Waals surface area contributed by atoms with Gasteiger partial charge in [-0.3, -0.25) is 4.79 Å². The topological polar surface area (TPSA) is 20.3 Å². The van der Waals surface area contributed by atoms with E-state index in [0.717, 1.165) is 0 Å². The van der Waals surface area contributed by atoms with Crippen molar-refractivity contribution in [3.8, 4) is 0 Å². The van der Waals surface area contributed by atoms with Crippen LogP contribution in [0.4, 0.5) is 4.39 Å². The first-order valence-electron chi connectivity index (χ1n) is 4.30. The zero-order chi connectivity index (χ0) is 10.7. The van der Waals surface area contributed by atoms with E-state index < -0.39 is 5.82 Å². The summed E-state index contributed by atoms with van der Waals surface area (Å²) in [6.07, 6.45) is 0. The molecule has 0 fully saturated rings. The third-order valence-electron chi connectivity index (χ3n) is 2.00. The highest BCUT2D eigenvalue weighted by Gasteiger charge is 2.14. The van der Waals surface area contributed by atoms with Gasteiger partial charge in [-0.2, -0.15) is 0 Å². The van der Waals surface area contributed by atoms with Crippen LogP contribution in [0.1, 0.15) is 17.3 Å². The Morgan fingerprint density at radius 2 is 2.21 bits per heavy atom. The molecule has 1 aromatic rings. The van der Waals surface area contributed by atoms with E-state index in [1.807, 2.05) is 6.92 Å².